The van der Waals surface area contributed by atoms with Crippen LogP contribution in [0, 0.1) is 17.2 Å². The van der Waals surface area contributed by atoms with E-state index >= 15 is 0 Å². The molecule has 3 amide bonds. The molecule has 0 aromatic rings. The van der Waals surface area contributed by atoms with Gasteiger partial charge < -0.3 is 25.6 Å². The van der Waals surface area contributed by atoms with Gasteiger partial charge in [0.1, 0.15) is 11.6 Å². The van der Waals surface area contributed by atoms with Crippen LogP contribution >= 0.6 is 0 Å². The predicted molar refractivity (Wildman–Crippen MR) is 118 cm³/mol. The van der Waals surface area contributed by atoms with Gasteiger partial charge in [-0.05, 0) is 38.1 Å². The number of primary amides is 1. The Bertz CT molecular complexity index is 675. The van der Waals surface area contributed by atoms with E-state index in [1.807, 2.05) is 18.7 Å². The number of guanidine groups is 1. The fraction of sp³-hybridized carbons (Fsp3) is 0.810. The molecule has 174 valence electrons. The number of nitrogens with zero attached hydrogens (tertiary/aromatic N) is 4. The third-order valence-electron chi connectivity index (χ3n) is 5.65. The number of ether oxygens (including phenoxy) is 1. The molecule has 10 nitrogen and oxygen atoms in total. The molecule has 0 radical (unpaired) electrons. The van der Waals surface area contributed by atoms with Crippen molar-refractivity contribution in [2.75, 3.05) is 45.9 Å². The van der Waals surface area contributed by atoms with E-state index in [1.165, 1.54) is 0 Å². The topological polar surface area (TPSA) is 136 Å². The van der Waals surface area contributed by atoms with Crippen molar-refractivity contribution in [1.29, 1.82) is 5.26 Å². The van der Waals surface area contributed by atoms with Crippen LogP contribution in [0.2, 0.25) is 0 Å². The molecule has 0 aromatic carbocycles. The number of morpholine rings is 1. The number of likely N-dealkylation sites (tertiary alicyclic amines) is 1. The van der Waals surface area contributed by atoms with Gasteiger partial charge in [0.15, 0.2) is 0 Å². The molecule has 0 aromatic heterocycles. The molecule has 31 heavy (non-hydrogen) atoms. The van der Waals surface area contributed by atoms with Crippen molar-refractivity contribution >= 4 is 17.9 Å². The third-order valence-corrected chi connectivity index (χ3v) is 5.65. The predicted octanol–water partition coefficient (Wildman–Crippen LogP) is 0.642. The SMILES string of the molecule is CCCN1CCC(C#N)(NC(=O)C(CC(C)C)N=C(NC(N)=O)N2CCOCC2)CC1. The second-order valence-corrected chi connectivity index (χ2v) is 8.71. The van der Waals surface area contributed by atoms with Crippen LogP contribution in [-0.4, -0.2) is 85.2 Å². The van der Waals surface area contributed by atoms with Gasteiger partial charge in [-0.25, -0.2) is 9.79 Å². The van der Waals surface area contributed by atoms with Crippen LogP contribution in [0.1, 0.15) is 46.5 Å². The molecule has 1 atom stereocenters. The largest absolute Gasteiger partial charge is 0.378 e. The lowest BCUT2D eigenvalue weighted by Crippen LogP contribution is -2.57. The Morgan fingerprint density at radius 1 is 1.23 bits per heavy atom. The maximum Gasteiger partial charge on any atom is 0.318 e. The summed E-state index contributed by atoms with van der Waals surface area (Å²) in [5, 5.41) is 15.4. The number of aliphatic imine (C=N–C) groups is 1. The van der Waals surface area contributed by atoms with E-state index < -0.39 is 17.6 Å². The summed E-state index contributed by atoms with van der Waals surface area (Å²) >= 11 is 0. The quantitative estimate of drug-likeness (QED) is 0.397. The summed E-state index contributed by atoms with van der Waals surface area (Å²) in [4.78, 5) is 33.6. The Morgan fingerprint density at radius 3 is 2.39 bits per heavy atom. The summed E-state index contributed by atoms with van der Waals surface area (Å²) in [6.45, 7) is 10.8. The Labute approximate surface area is 185 Å². The molecular weight excluding hydrogens is 398 g/mol. The Balaban J connectivity index is 2.18. The normalized spacial score (nSPS) is 20.7. The van der Waals surface area contributed by atoms with Crippen LogP contribution in [0.15, 0.2) is 4.99 Å². The highest BCUT2D eigenvalue weighted by Gasteiger charge is 2.38. The number of piperidine rings is 1. The number of urea groups is 1. The highest BCUT2D eigenvalue weighted by Crippen LogP contribution is 2.23. The van der Waals surface area contributed by atoms with Gasteiger partial charge in [0.2, 0.25) is 11.9 Å². The van der Waals surface area contributed by atoms with Gasteiger partial charge in [-0.1, -0.05) is 20.8 Å². The fourth-order valence-electron chi connectivity index (χ4n) is 3.95. The minimum Gasteiger partial charge on any atom is -0.378 e. The molecule has 2 saturated heterocycles. The summed E-state index contributed by atoms with van der Waals surface area (Å²) in [6, 6.07) is 0.881. The minimum absolute atomic E-state index is 0.198. The lowest BCUT2D eigenvalue weighted by Gasteiger charge is -2.38. The molecule has 0 saturated carbocycles. The van der Waals surface area contributed by atoms with E-state index in [-0.39, 0.29) is 17.8 Å². The van der Waals surface area contributed by atoms with Gasteiger partial charge in [0, 0.05) is 26.2 Å². The molecule has 0 spiro atoms. The smallest absolute Gasteiger partial charge is 0.318 e. The fourth-order valence-corrected chi connectivity index (χ4v) is 3.95. The highest BCUT2D eigenvalue weighted by atomic mass is 16.5. The van der Waals surface area contributed by atoms with E-state index in [0.29, 0.717) is 45.6 Å². The summed E-state index contributed by atoms with van der Waals surface area (Å²) in [6.07, 6.45) is 2.73. The first kappa shape index (κ1) is 24.9. The molecule has 2 aliphatic rings. The van der Waals surface area contributed by atoms with Gasteiger partial charge in [0.25, 0.3) is 0 Å². The number of nitriles is 1. The van der Waals surface area contributed by atoms with Crippen LogP contribution in [0.4, 0.5) is 4.79 Å². The second-order valence-electron chi connectivity index (χ2n) is 8.71. The van der Waals surface area contributed by atoms with E-state index in [2.05, 4.69) is 33.5 Å². The summed E-state index contributed by atoms with van der Waals surface area (Å²) in [5.74, 6) is 0.181. The molecule has 0 bridgehead atoms. The van der Waals surface area contributed by atoms with Crippen molar-refractivity contribution in [2.45, 2.75) is 58.0 Å². The lowest BCUT2D eigenvalue weighted by molar-refractivity contribution is -0.124. The zero-order chi connectivity index (χ0) is 22.9. The van der Waals surface area contributed by atoms with Gasteiger partial charge in [-0.3, -0.25) is 10.1 Å². The maximum absolute atomic E-state index is 13.3. The number of amides is 3. The minimum atomic E-state index is -0.887. The molecular formula is C21H37N7O3. The molecule has 2 heterocycles. The van der Waals surface area contributed by atoms with E-state index in [1.54, 1.807) is 0 Å². The Kier molecular flexibility index (Phi) is 9.52. The van der Waals surface area contributed by atoms with Crippen molar-refractivity contribution in [3.63, 3.8) is 0 Å². The van der Waals surface area contributed by atoms with E-state index in [4.69, 9.17) is 10.5 Å². The number of nitrogens with one attached hydrogen (secondary N) is 2. The zero-order valence-corrected chi connectivity index (χ0v) is 19.0. The Morgan fingerprint density at radius 2 is 1.87 bits per heavy atom. The van der Waals surface area contributed by atoms with Crippen LogP contribution in [0.25, 0.3) is 0 Å². The van der Waals surface area contributed by atoms with Gasteiger partial charge >= 0.3 is 6.03 Å². The molecule has 10 heteroatoms. The van der Waals surface area contributed by atoms with E-state index in [0.717, 1.165) is 26.1 Å². The standard InChI is InChI=1S/C21H37N7O3/c1-4-7-27-8-5-21(15-22,6-9-27)26-18(29)17(14-16(2)3)24-20(25-19(23)30)28-10-12-31-13-11-28/h16-17H,4-14H2,1-3H3,(H,26,29)(H3,23,24,25,30). The average molecular weight is 436 g/mol. The van der Waals surface area contributed by atoms with Crippen molar-refractivity contribution in [3.05, 3.63) is 0 Å². The second kappa shape index (κ2) is 11.9. The van der Waals surface area contributed by atoms with Crippen molar-refractivity contribution in [3.8, 4) is 6.07 Å². The first-order valence-corrected chi connectivity index (χ1v) is 11.2. The van der Waals surface area contributed by atoms with Crippen LogP contribution < -0.4 is 16.4 Å². The number of carbonyl (C=O) groups excluding carboxylic acids is 2. The number of hydrogen-bond donors (Lipinski definition) is 3. The molecule has 4 N–H and O–H groups in total. The summed E-state index contributed by atoms with van der Waals surface area (Å²) in [7, 11) is 0. The number of hydrogen-bond acceptors (Lipinski definition) is 6. The third kappa shape index (κ3) is 7.67. The lowest BCUT2D eigenvalue weighted by atomic mass is 9.88. The first-order chi connectivity index (χ1) is 14.8. The van der Waals surface area contributed by atoms with Crippen LogP contribution in [0.3, 0.4) is 0 Å². The van der Waals surface area contributed by atoms with Crippen molar-refractivity contribution < 1.29 is 14.3 Å². The molecule has 0 aliphatic carbocycles. The van der Waals surface area contributed by atoms with E-state index in [9.17, 15) is 14.9 Å². The van der Waals surface area contributed by atoms with Crippen molar-refractivity contribution in [2.24, 2.45) is 16.6 Å². The van der Waals surface area contributed by atoms with Crippen molar-refractivity contribution in [1.82, 2.24) is 20.4 Å². The summed E-state index contributed by atoms with van der Waals surface area (Å²) in [5.41, 5.74) is 4.46. The van der Waals surface area contributed by atoms with Crippen LogP contribution in [0.5, 0.6) is 0 Å². The number of carbonyl (C=O) groups is 2. The highest BCUT2D eigenvalue weighted by molar-refractivity contribution is 5.97. The number of rotatable bonds is 7. The van der Waals surface area contributed by atoms with Gasteiger partial charge in [0.05, 0.1) is 19.3 Å². The van der Waals surface area contributed by atoms with Crippen LogP contribution in [-0.2, 0) is 9.53 Å². The zero-order valence-electron chi connectivity index (χ0n) is 19.0. The van der Waals surface area contributed by atoms with Gasteiger partial charge in [-0.2, -0.15) is 5.26 Å². The average Bonchev–Trinajstić information content (AvgIpc) is 2.74. The molecule has 2 aliphatic heterocycles. The first-order valence-electron chi connectivity index (χ1n) is 11.2. The molecule has 2 fully saturated rings. The summed E-state index contributed by atoms with van der Waals surface area (Å²) < 4.78 is 5.37. The van der Waals surface area contributed by atoms with Gasteiger partial charge in [-0.15, -0.1) is 0 Å². The molecule has 2 rings (SSSR count). The molecule has 1 unspecified atom stereocenters. The Hall–Kier alpha value is -2.38. The maximum atomic E-state index is 13.3. The monoisotopic (exact) mass is 435 g/mol. The number of nitrogens with two attached hydrogens (primary N) is 1.